The molecule has 11 heteroatoms. The minimum absolute atomic E-state index is 0.0434. The summed E-state index contributed by atoms with van der Waals surface area (Å²) in [6.07, 6.45) is -4.72. The van der Waals surface area contributed by atoms with Crippen molar-refractivity contribution >= 4 is 34.0 Å². The molecule has 0 N–H and O–H groups in total. The molecule has 1 aromatic carbocycles. The van der Waals surface area contributed by atoms with E-state index in [0.29, 0.717) is 42.9 Å². The number of anilines is 2. The van der Waals surface area contributed by atoms with E-state index in [-0.39, 0.29) is 33.9 Å². The van der Waals surface area contributed by atoms with Crippen LogP contribution in [-0.4, -0.2) is 42.1 Å². The van der Waals surface area contributed by atoms with E-state index in [2.05, 4.69) is 20.7 Å². The largest absolute Gasteiger partial charge is 0.573 e. The number of hydrogen-bond donors (Lipinski definition) is 0. The molecule has 0 spiro atoms. The number of nitrogens with zero attached hydrogens (tertiary/aromatic N) is 5. The molecule has 0 aliphatic carbocycles. The molecule has 0 amide bonds. The summed E-state index contributed by atoms with van der Waals surface area (Å²) >= 11 is 6.14. The van der Waals surface area contributed by atoms with Crippen molar-refractivity contribution in [3.05, 3.63) is 57.5 Å². The quantitative estimate of drug-likeness (QED) is 0.519. The average molecular weight is 490 g/mol. The number of ether oxygens (including phenoxy) is 1. The lowest BCUT2D eigenvalue weighted by Gasteiger charge is -2.26. The van der Waals surface area contributed by atoms with Crippen LogP contribution in [0, 0.1) is 23.2 Å². The zero-order valence-electron chi connectivity index (χ0n) is 18.0. The van der Waals surface area contributed by atoms with Crippen molar-refractivity contribution in [1.29, 1.82) is 5.26 Å². The molecule has 34 heavy (non-hydrogen) atoms. The van der Waals surface area contributed by atoms with Gasteiger partial charge in [0.25, 0.3) is 5.56 Å². The maximum absolute atomic E-state index is 12.8. The number of benzene rings is 1. The van der Waals surface area contributed by atoms with Gasteiger partial charge in [0.15, 0.2) is 0 Å². The van der Waals surface area contributed by atoms with Crippen LogP contribution < -0.4 is 20.1 Å². The van der Waals surface area contributed by atoms with Crippen molar-refractivity contribution in [3.8, 4) is 11.8 Å². The van der Waals surface area contributed by atoms with Gasteiger partial charge in [0, 0.05) is 50.7 Å². The smallest absolute Gasteiger partial charge is 0.406 e. The molecule has 3 aromatic rings. The molecular weight excluding hydrogens is 471 g/mol. The van der Waals surface area contributed by atoms with Gasteiger partial charge in [-0.25, -0.2) is 4.98 Å². The van der Waals surface area contributed by atoms with Crippen LogP contribution in [-0.2, 0) is 7.05 Å². The number of rotatable bonds is 3. The van der Waals surface area contributed by atoms with E-state index in [4.69, 9.17) is 11.6 Å². The van der Waals surface area contributed by atoms with Gasteiger partial charge in [-0.15, -0.1) is 13.2 Å². The number of aromatic nitrogens is 2. The van der Waals surface area contributed by atoms with Gasteiger partial charge in [-0.1, -0.05) is 11.6 Å². The summed E-state index contributed by atoms with van der Waals surface area (Å²) in [7, 11) is 1.60. The maximum Gasteiger partial charge on any atom is 0.573 e. The third kappa shape index (κ3) is 3.90. The Labute approximate surface area is 197 Å². The van der Waals surface area contributed by atoms with Crippen LogP contribution in [0.1, 0.15) is 5.56 Å². The minimum atomic E-state index is -4.72. The molecule has 2 fully saturated rings. The molecule has 0 saturated carbocycles. The van der Waals surface area contributed by atoms with Crippen molar-refractivity contribution in [1.82, 2.24) is 9.55 Å². The summed E-state index contributed by atoms with van der Waals surface area (Å²) in [5, 5.41) is 10.0. The topological polar surface area (TPSA) is 74.4 Å². The van der Waals surface area contributed by atoms with Gasteiger partial charge in [-0.3, -0.25) is 4.79 Å². The first kappa shape index (κ1) is 22.3. The molecule has 4 heterocycles. The zero-order valence-corrected chi connectivity index (χ0v) is 18.8. The van der Waals surface area contributed by atoms with Gasteiger partial charge < -0.3 is 19.1 Å². The zero-order chi connectivity index (χ0) is 24.2. The number of pyridine rings is 2. The van der Waals surface area contributed by atoms with Gasteiger partial charge >= 0.3 is 6.36 Å². The highest BCUT2D eigenvalue weighted by Gasteiger charge is 2.42. The Morgan fingerprint density at radius 1 is 1.06 bits per heavy atom. The Balaban J connectivity index is 1.39. The summed E-state index contributed by atoms with van der Waals surface area (Å²) < 4.78 is 42.6. The molecule has 2 aromatic heterocycles. The minimum Gasteiger partial charge on any atom is -0.406 e. The molecule has 2 saturated heterocycles. The van der Waals surface area contributed by atoms with E-state index in [1.807, 2.05) is 4.90 Å². The van der Waals surface area contributed by atoms with Gasteiger partial charge in [0.2, 0.25) is 0 Å². The second-order valence-electron chi connectivity index (χ2n) is 8.57. The number of alkyl halides is 3. The fourth-order valence-corrected chi connectivity index (χ4v) is 5.17. The van der Waals surface area contributed by atoms with Crippen LogP contribution in [0.4, 0.5) is 24.5 Å². The maximum atomic E-state index is 12.8. The molecule has 0 radical (unpaired) electrons. The first-order valence-electron chi connectivity index (χ1n) is 10.6. The second kappa shape index (κ2) is 8.09. The summed E-state index contributed by atoms with van der Waals surface area (Å²) in [6.45, 7) is 2.67. The third-order valence-corrected chi connectivity index (χ3v) is 6.74. The van der Waals surface area contributed by atoms with Gasteiger partial charge in [0.1, 0.15) is 28.1 Å². The monoisotopic (exact) mass is 489 g/mol. The predicted molar refractivity (Wildman–Crippen MR) is 121 cm³/mol. The molecule has 7 nitrogen and oxygen atoms in total. The molecule has 0 bridgehead atoms. The highest BCUT2D eigenvalue weighted by molar-refractivity contribution is 6.29. The highest BCUT2D eigenvalue weighted by atomic mass is 35.5. The summed E-state index contributed by atoms with van der Waals surface area (Å²) in [5.41, 5.74) is 2.11. The number of fused-ring (bicyclic) bond motifs is 2. The third-order valence-electron chi connectivity index (χ3n) is 6.53. The van der Waals surface area contributed by atoms with E-state index in [1.54, 1.807) is 31.3 Å². The number of halogens is 4. The Kier molecular flexibility index (Phi) is 5.32. The molecule has 2 atom stereocenters. The standard InChI is InChI=1S/C23H19ClF3N5O2/c1-30-18-6-7-19(24)29-20(18)21(17(8-28)22(30)33)32-11-13-9-31(10-14(13)12-32)15-2-4-16(5-3-15)34-23(25,26)27/h2-7,13-14H,9-12H2,1H3/t13-,14-/m1/s1. The second-order valence-corrected chi connectivity index (χ2v) is 8.96. The molecular formula is C23H19ClF3N5O2. The van der Waals surface area contributed by atoms with E-state index >= 15 is 0 Å². The Morgan fingerprint density at radius 2 is 1.68 bits per heavy atom. The van der Waals surface area contributed by atoms with Crippen molar-refractivity contribution < 1.29 is 17.9 Å². The van der Waals surface area contributed by atoms with Crippen LogP contribution in [0.5, 0.6) is 5.75 Å². The number of hydrogen-bond acceptors (Lipinski definition) is 6. The van der Waals surface area contributed by atoms with Crippen molar-refractivity contribution in [3.63, 3.8) is 0 Å². The molecule has 2 aliphatic heterocycles. The SMILES string of the molecule is Cn1c(=O)c(C#N)c(N2C[C@H]3CN(c4ccc(OC(F)(F)F)cc4)C[C@@H]3C2)c2nc(Cl)ccc21. The average Bonchev–Trinajstić information content (AvgIpc) is 3.34. The first-order chi connectivity index (χ1) is 16.1. The fourth-order valence-electron chi connectivity index (χ4n) is 5.02. The first-order valence-corrected chi connectivity index (χ1v) is 11.0. The summed E-state index contributed by atoms with van der Waals surface area (Å²) in [4.78, 5) is 21.4. The van der Waals surface area contributed by atoms with E-state index in [9.17, 15) is 23.2 Å². The number of nitriles is 1. The number of aryl methyl sites for hydroxylation is 1. The van der Waals surface area contributed by atoms with Crippen molar-refractivity contribution in [2.45, 2.75) is 6.36 Å². The highest BCUT2D eigenvalue weighted by Crippen LogP contribution is 2.39. The molecule has 2 aliphatic rings. The Morgan fingerprint density at radius 3 is 2.26 bits per heavy atom. The van der Waals surface area contributed by atoms with Crippen molar-refractivity contribution in [2.75, 3.05) is 36.0 Å². The lowest BCUT2D eigenvalue weighted by atomic mass is 10.0. The van der Waals surface area contributed by atoms with Gasteiger partial charge in [0.05, 0.1) is 11.2 Å². The van der Waals surface area contributed by atoms with Crippen LogP contribution in [0.15, 0.2) is 41.2 Å². The van der Waals surface area contributed by atoms with Gasteiger partial charge in [-0.2, -0.15) is 5.26 Å². The lowest BCUT2D eigenvalue weighted by Crippen LogP contribution is -2.32. The summed E-state index contributed by atoms with van der Waals surface area (Å²) in [5.74, 6) is 0.265. The fraction of sp³-hybridized carbons (Fsp3) is 0.348. The molecule has 0 unspecified atom stereocenters. The lowest BCUT2D eigenvalue weighted by molar-refractivity contribution is -0.274. The van der Waals surface area contributed by atoms with Crippen LogP contribution in [0.3, 0.4) is 0 Å². The van der Waals surface area contributed by atoms with E-state index < -0.39 is 6.36 Å². The molecule has 176 valence electrons. The van der Waals surface area contributed by atoms with E-state index in [1.165, 1.54) is 16.7 Å². The van der Waals surface area contributed by atoms with E-state index in [0.717, 1.165) is 5.69 Å². The van der Waals surface area contributed by atoms with Crippen LogP contribution in [0.2, 0.25) is 5.15 Å². The van der Waals surface area contributed by atoms with Crippen molar-refractivity contribution in [2.24, 2.45) is 18.9 Å². The Bertz CT molecular complexity index is 1350. The normalized spacial score (nSPS) is 20.0. The van der Waals surface area contributed by atoms with Crippen LogP contribution in [0.25, 0.3) is 11.0 Å². The molecule has 5 rings (SSSR count). The Hall–Kier alpha value is -3.45. The van der Waals surface area contributed by atoms with Crippen LogP contribution >= 0.6 is 11.6 Å². The van der Waals surface area contributed by atoms with Gasteiger partial charge in [-0.05, 0) is 36.4 Å². The summed E-state index contributed by atoms with van der Waals surface area (Å²) in [6, 6.07) is 11.2. The predicted octanol–water partition coefficient (Wildman–Crippen LogP) is 3.93.